The molecule has 2 N–H and O–H groups in total. The number of halogens is 1. The van der Waals surface area contributed by atoms with E-state index >= 15 is 0 Å². The first kappa shape index (κ1) is 10.5. The average molecular weight is 224 g/mol. The molecule has 15 heavy (non-hydrogen) atoms. The summed E-state index contributed by atoms with van der Waals surface area (Å²) in [6.07, 6.45) is 0. The molecule has 0 radical (unpaired) electrons. The molecule has 4 heteroatoms. The monoisotopic (exact) mass is 223 g/mol. The maximum Gasteiger partial charge on any atom is 0.126 e. The zero-order chi connectivity index (χ0) is 11.2. The van der Waals surface area contributed by atoms with E-state index in [0.717, 1.165) is 27.4 Å². The van der Waals surface area contributed by atoms with Crippen molar-refractivity contribution in [2.24, 2.45) is 12.8 Å². The predicted octanol–water partition coefficient (Wildman–Crippen LogP) is 2.55. The molecule has 0 bridgehead atoms. The third kappa shape index (κ3) is 1.52. The van der Waals surface area contributed by atoms with Gasteiger partial charge in [-0.05, 0) is 31.5 Å². The summed E-state index contributed by atoms with van der Waals surface area (Å²) < 4.78 is 2.02. The van der Waals surface area contributed by atoms with Gasteiger partial charge in [-0.1, -0.05) is 11.6 Å². The smallest absolute Gasteiger partial charge is 0.126 e. The van der Waals surface area contributed by atoms with Gasteiger partial charge in [-0.25, -0.2) is 4.98 Å². The fraction of sp³-hybridized carbons (Fsp3) is 0.364. The lowest BCUT2D eigenvalue weighted by molar-refractivity contribution is 0.696. The number of hydrogen-bond acceptors (Lipinski definition) is 2. The van der Waals surface area contributed by atoms with Gasteiger partial charge in [0.15, 0.2) is 0 Å². The Labute approximate surface area is 93.9 Å². The molecule has 80 valence electrons. The second kappa shape index (κ2) is 3.51. The highest BCUT2D eigenvalue weighted by molar-refractivity contribution is 6.32. The van der Waals surface area contributed by atoms with Crippen molar-refractivity contribution in [2.75, 3.05) is 0 Å². The van der Waals surface area contributed by atoms with Crippen LogP contribution in [0.5, 0.6) is 0 Å². The topological polar surface area (TPSA) is 43.8 Å². The lowest BCUT2D eigenvalue weighted by Crippen LogP contribution is -2.11. The minimum atomic E-state index is -0.0689. The van der Waals surface area contributed by atoms with Crippen molar-refractivity contribution in [2.45, 2.75) is 19.9 Å². The van der Waals surface area contributed by atoms with Crippen molar-refractivity contribution >= 4 is 22.6 Å². The third-order valence-corrected chi connectivity index (χ3v) is 3.09. The summed E-state index contributed by atoms with van der Waals surface area (Å²) >= 11 is 6.05. The Hall–Kier alpha value is -1.06. The van der Waals surface area contributed by atoms with E-state index in [-0.39, 0.29) is 6.04 Å². The molecule has 0 saturated carbocycles. The van der Waals surface area contributed by atoms with E-state index < -0.39 is 0 Å². The molecule has 3 nitrogen and oxygen atoms in total. The lowest BCUT2D eigenvalue weighted by atomic mass is 10.2. The van der Waals surface area contributed by atoms with E-state index in [2.05, 4.69) is 4.98 Å². The fourth-order valence-corrected chi connectivity index (χ4v) is 1.95. The van der Waals surface area contributed by atoms with Crippen molar-refractivity contribution in [3.8, 4) is 0 Å². The number of imidazole rings is 1. The summed E-state index contributed by atoms with van der Waals surface area (Å²) in [6.45, 7) is 3.90. The third-order valence-electron chi connectivity index (χ3n) is 2.68. The molecule has 0 spiro atoms. The number of nitrogens with zero attached hydrogens (tertiary/aromatic N) is 2. The Bertz CT molecular complexity index is 514. The van der Waals surface area contributed by atoms with Crippen molar-refractivity contribution in [3.63, 3.8) is 0 Å². The van der Waals surface area contributed by atoms with Crippen LogP contribution in [0, 0.1) is 6.92 Å². The summed E-state index contributed by atoms with van der Waals surface area (Å²) in [5, 5.41) is 0.747. The molecular weight excluding hydrogens is 210 g/mol. The van der Waals surface area contributed by atoms with Crippen LogP contribution in [0.15, 0.2) is 12.1 Å². The van der Waals surface area contributed by atoms with E-state index in [4.69, 9.17) is 17.3 Å². The van der Waals surface area contributed by atoms with Crippen molar-refractivity contribution < 1.29 is 0 Å². The zero-order valence-corrected chi connectivity index (χ0v) is 9.84. The number of hydrogen-bond donors (Lipinski definition) is 1. The van der Waals surface area contributed by atoms with Gasteiger partial charge in [0.2, 0.25) is 0 Å². The summed E-state index contributed by atoms with van der Waals surface area (Å²) in [6, 6.07) is 3.80. The highest BCUT2D eigenvalue weighted by Crippen LogP contribution is 2.26. The number of rotatable bonds is 1. The highest BCUT2D eigenvalue weighted by Gasteiger charge is 2.13. The van der Waals surface area contributed by atoms with E-state index in [1.165, 1.54) is 0 Å². The minimum absolute atomic E-state index is 0.0689. The van der Waals surface area contributed by atoms with E-state index in [9.17, 15) is 0 Å². The molecule has 1 atom stereocenters. The van der Waals surface area contributed by atoms with Crippen molar-refractivity contribution in [1.29, 1.82) is 0 Å². The molecule has 0 fully saturated rings. The van der Waals surface area contributed by atoms with Gasteiger partial charge < -0.3 is 10.3 Å². The van der Waals surface area contributed by atoms with Gasteiger partial charge in [-0.15, -0.1) is 0 Å². The molecule has 0 aliphatic rings. The van der Waals surface area contributed by atoms with E-state index in [1.54, 1.807) is 0 Å². The maximum atomic E-state index is 6.05. The SMILES string of the molecule is Cc1c(Cl)ccc2c1nc(C(C)N)n2C. The molecule has 1 aromatic heterocycles. The number of aryl methyl sites for hydroxylation is 2. The summed E-state index contributed by atoms with van der Waals surface area (Å²) in [5.41, 5.74) is 8.88. The Morgan fingerprint density at radius 1 is 1.47 bits per heavy atom. The van der Waals surface area contributed by atoms with E-state index in [1.807, 2.05) is 37.6 Å². The van der Waals surface area contributed by atoms with Crippen LogP contribution in [-0.2, 0) is 7.05 Å². The molecule has 0 amide bonds. The number of benzene rings is 1. The van der Waals surface area contributed by atoms with Gasteiger partial charge in [-0.3, -0.25) is 0 Å². The quantitative estimate of drug-likeness (QED) is 0.808. The van der Waals surface area contributed by atoms with Gasteiger partial charge in [0.05, 0.1) is 17.1 Å². The van der Waals surface area contributed by atoms with Crippen LogP contribution >= 0.6 is 11.6 Å². The van der Waals surface area contributed by atoms with Crippen LogP contribution in [0.1, 0.15) is 24.4 Å². The van der Waals surface area contributed by atoms with E-state index in [0.29, 0.717) is 0 Å². The van der Waals surface area contributed by atoms with Crippen LogP contribution in [0.2, 0.25) is 5.02 Å². The van der Waals surface area contributed by atoms with Crippen LogP contribution in [0.3, 0.4) is 0 Å². The highest BCUT2D eigenvalue weighted by atomic mass is 35.5. The second-order valence-electron chi connectivity index (χ2n) is 3.86. The number of nitrogens with two attached hydrogens (primary N) is 1. The molecule has 0 aliphatic carbocycles. The summed E-state index contributed by atoms with van der Waals surface area (Å²) in [7, 11) is 1.97. The largest absolute Gasteiger partial charge is 0.330 e. The Morgan fingerprint density at radius 2 is 2.13 bits per heavy atom. The van der Waals surface area contributed by atoms with Crippen molar-refractivity contribution in [1.82, 2.24) is 9.55 Å². The Balaban J connectivity index is 2.82. The molecule has 1 heterocycles. The maximum absolute atomic E-state index is 6.05. The Kier molecular flexibility index (Phi) is 2.44. The first-order chi connectivity index (χ1) is 7.02. The van der Waals surface area contributed by atoms with Crippen LogP contribution in [0.25, 0.3) is 11.0 Å². The average Bonchev–Trinajstić information content (AvgIpc) is 2.51. The van der Waals surface area contributed by atoms with Gasteiger partial charge in [0.1, 0.15) is 5.82 Å². The van der Waals surface area contributed by atoms with Crippen molar-refractivity contribution in [3.05, 3.63) is 28.5 Å². The fourth-order valence-electron chi connectivity index (χ4n) is 1.79. The number of aromatic nitrogens is 2. The van der Waals surface area contributed by atoms with Gasteiger partial charge >= 0.3 is 0 Å². The predicted molar refractivity (Wildman–Crippen MR) is 63.1 cm³/mol. The summed E-state index contributed by atoms with van der Waals surface area (Å²) in [5.74, 6) is 0.885. The Morgan fingerprint density at radius 3 is 2.73 bits per heavy atom. The molecular formula is C11H14ClN3. The first-order valence-electron chi connectivity index (χ1n) is 4.89. The summed E-state index contributed by atoms with van der Waals surface area (Å²) in [4.78, 5) is 4.53. The van der Waals surface area contributed by atoms with Crippen LogP contribution in [0.4, 0.5) is 0 Å². The molecule has 0 aliphatic heterocycles. The molecule has 1 unspecified atom stereocenters. The van der Waals surface area contributed by atoms with Gasteiger partial charge in [0.25, 0.3) is 0 Å². The first-order valence-corrected chi connectivity index (χ1v) is 5.27. The van der Waals surface area contributed by atoms with Crippen LogP contribution in [-0.4, -0.2) is 9.55 Å². The standard InChI is InChI=1S/C11H14ClN3/c1-6-8(12)4-5-9-10(6)14-11(7(2)13)15(9)3/h4-5,7H,13H2,1-3H3. The molecule has 2 aromatic rings. The molecule has 1 aromatic carbocycles. The zero-order valence-electron chi connectivity index (χ0n) is 9.08. The van der Waals surface area contributed by atoms with Gasteiger partial charge in [0, 0.05) is 12.1 Å². The van der Waals surface area contributed by atoms with Crippen LogP contribution < -0.4 is 5.73 Å². The lowest BCUT2D eigenvalue weighted by Gasteiger charge is -2.04. The second-order valence-corrected chi connectivity index (χ2v) is 4.27. The van der Waals surface area contributed by atoms with Gasteiger partial charge in [-0.2, -0.15) is 0 Å². The normalized spacial score (nSPS) is 13.4. The number of fused-ring (bicyclic) bond motifs is 1. The minimum Gasteiger partial charge on any atom is -0.330 e. The molecule has 0 saturated heterocycles. The molecule has 2 rings (SSSR count).